The molecule has 0 radical (unpaired) electrons. The molecule has 1 amide bonds. The van der Waals surface area contributed by atoms with Crippen LogP contribution in [0.3, 0.4) is 0 Å². The van der Waals surface area contributed by atoms with Crippen LogP contribution >= 0.6 is 11.6 Å². The third kappa shape index (κ3) is 5.83. The molecule has 1 fully saturated rings. The Morgan fingerprint density at radius 3 is 2.54 bits per heavy atom. The molecule has 0 aliphatic heterocycles. The fraction of sp³-hybridized carbons (Fsp3) is 0.632. The van der Waals surface area contributed by atoms with Crippen molar-refractivity contribution in [1.29, 1.82) is 0 Å². The highest BCUT2D eigenvalue weighted by Gasteiger charge is 2.34. The molecular weight excluding hydrogens is 404 g/mol. The lowest BCUT2D eigenvalue weighted by atomic mass is 9.95. The van der Waals surface area contributed by atoms with Crippen molar-refractivity contribution in [2.75, 3.05) is 27.4 Å². The van der Waals surface area contributed by atoms with Gasteiger partial charge in [-0.3, -0.25) is 4.79 Å². The average Bonchev–Trinajstić information content (AvgIpc) is 2.66. The van der Waals surface area contributed by atoms with Gasteiger partial charge in [0, 0.05) is 19.2 Å². The molecule has 0 spiro atoms. The number of carbonyl (C=O) groups is 1. The summed E-state index contributed by atoms with van der Waals surface area (Å²) in [5, 5.41) is 3.00. The van der Waals surface area contributed by atoms with Gasteiger partial charge in [-0.15, -0.1) is 0 Å². The molecule has 0 unspecified atom stereocenters. The van der Waals surface area contributed by atoms with Crippen LogP contribution in [0.1, 0.15) is 39.0 Å². The number of hydrogen-bond acceptors (Lipinski definition) is 5. The number of halogens is 1. The Morgan fingerprint density at radius 2 is 1.96 bits per heavy atom. The van der Waals surface area contributed by atoms with Gasteiger partial charge in [-0.1, -0.05) is 30.9 Å². The van der Waals surface area contributed by atoms with Crippen LogP contribution in [0.2, 0.25) is 5.02 Å². The van der Waals surface area contributed by atoms with E-state index < -0.39 is 10.0 Å². The molecule has 0 heterocycles. The number of amides is 1. The third-order valence-electron chi connectivity index (χ3n) is 4.84. The second kappa shape index (κ2) is 10.4. The van der Waals surface area contributed by atoms with Crippen LogP contribution in [0.5, 0.6) is 5.75 Å². The van der Waals surface area contributed by atoms with Crippen LogP contribution in [0.4, 0.5) is 0 Å². The molecule has 0 saturated heterocycles. The fourth-order valence-electron chi connectivity index (χ4n) is 3.48. The zero-order valence-corrected chi connectivity index (χ0v) is 18.2. The van der Waals surface area contributed by atoms with Gasteiger partial charge in [-0.05, 0) is 38.0 Å². The van der Waals surface area contributed by atoms with Gasteiger partial charge in [0.05, 0.1) is 30.2 Å². The molecule has 1 aliphatic rings. The lowest BCUT2D eigenvalue weighted by Gasteiger charge is -2.33. The third-order valence-corrected chi connectivity index (χ3v) is 7.03. The zero-order valence-electron chi connectivity index (χ0n) is 16.6. The Kier molecular flexibility index (Phi) is 8.55. The second-order valence-electron chi connectivity index (χ2n) is 7.06. The van der Waals surface area contributed by atoms with Crippen LogP contribution < -0.4 is 10.1 Å². The van der Waals surface area contributed by atoms with Crippen molar-refractivity contribution < 1.29 is 22.7 Å². The minimum atomic E-state index is -3.89. The second-order valence-corrected chi connectivity index (χ2v) is 9.36. The molecule has 1 atom stereocenters. The number of rotatable bonds is 9. The van der Waals surface area contributed by atoms with E-state index in [2.05, 4.69) is 5.32 Å². The topological polar surface area (TPSA) is 84.9 Å². The van der Waals surface area contributed by atoms with Crippen molar-refractivity contribution in [2.45, 2.75) is 56.0 Å². The molecule has 7 nitrogen and oxygen atoms in total. The maximum Gasteiger partial charge on any atom is 0.243 e. The summed E-state index contributed by atoms with van der Waals surface area (Å²) < 4.78 is 38.2. The summed E-state index contributed by atoms with van der Waals surface area (Å²) >= 11 is 6.13. The quantitative estimate of drug-likeness (QED) is 0.648. The van der Waals surface area contributed by atoms with Gasteiger partial charge in [0.25, 0.3) is 0 Å². The van der Waals surface area contributed by atoms with E-state index in [0.717, 1.165) is 32.1 Å². The Bertz CT molecular complexity index is 766. The van der Waals surface area contributed by atoms with Gasteiger partial charge in [0.2, 0.25) is 15.9 Å². The van der Waals surface area contributed by atoms with Crippen molar-refractivity contribution in [3.63, 3.8) is 0 Å². The van der Waals surface area contributed by atoms with Crippen LogP contribution in [0.25, 0.3) is 0 Å². The minimum Gasteiger partial charge on any atom is -0.495 e. The first-order valence-electron chi connectivity index (χ1n) is 9.43. The maximum absolute atomic E-state index is 13.4. The summed E-state index contributed by atoms with van der Waals surface area (Å²) in [5.74, 6) is 0.0503. The molecule has 2 rings (SSSR count). The molecule has 1 aliphatic carbocycles. The highest BCUT2D eigenvalue weighted by atomic mass is 35.5. The zero-order chi connectivity index (χ0) is 20.7. The van der Waals surface area contributed by atoms with Gasteiger partial charge in [-0.2, -0.15) is 4.31 Å². The monoisotopic (exact) mass is 432 g/mol. The smallest absolute Gasteiger partial charge is 0.243 e. The predicted molar refractivity (Wildman–Crippen MR) is 108 cm³/mol. The van der Waals surface area contributed by atoms with E-state index >= 15 is 0 Å². The first kappa shape index (κ1) is 22.9. The molecule has 1 aromatic carbocycles. The molecule has 28 heavy (non-hydrogen) atoms. The summed E-state index contributed by atoms with van der Waals surface area (Å²) in [6.45, 7) is 1.94. The van der Waals surface area contributed by atoms with Crippen LogP contribution in [-0.4, -0.2) is 58.1 Å². The standard InChI is InChI=1S/C19H29ClN2O5S/c1-14(13-26-2)21-19(23)12-22(15-7-5-4-6-8-15)28(24,25)16-9-10-18(27-3)17(20)11-16/h9-11,14-15H,4-8,12-13H2,1-3H3,(H,21,23)/t14-/m1/s1. The summed E-state index contributed by atoms with van der Waals surface area (Å²) in [6.07, 6.45) is 4.45. The summed E-state index contributed by atoms with van der Waals surface area (Å²) in [7, 11) is -0.872. The number of benzene rings is 1. The Hall–Kier alpha value is -1.35. The van der Waals surface area contributed by atoms with Crippen molar-refractivity contribution in [1.82, 2.24) is 9.62 Å². The van der Waals surface area contributed by atoms with E-state index in [-0.39, 0.29) is 34.5 Å². The number of nitrogens with one attached hydrogen (secondary N) is 1. The number of methoxy groups -OCH3 is 2. The molecule has 158 valence electrons. The van der Waals surface area contributed by atoms with Crippen molar-refractivity contribution in [2.24, 2.45) is 0 Å². The first-order valence-corrected chi connectivity index (χ1v) is 11.2. The molecule has 1 aromatic rings. The fourth-order valence-corrected chi connectivity index (χ4v) is 5.47. The number of ether oxygens (including phenoxy) is 2. The summed E-state index contributed by atoms with van der Waals surface area (Å²) in [6, 6.07) is 3.94. The maximum atomic E-state index is 13.4. The van der Waals surface area contributed by atoms with Gasteiger partial charge in [-0.25, -0.2) is 8.42 Å². The van der Waals surface area contributed by atoms with Gasteiger partial charge < -0.3 is 14.8 Å². The van der Waals surface area contributed by atoms with Crippen LogP contribution in [-0.2, 0) is 19.6 Å². The molecule has 9 heteroatoms. The average molecular weight is 433 g/mol. The Morgan fingerprint density at radius 1 is 1.29 bits per heavy atom. The molecule has 1 N–H and O–H groups in total. The minimum absolute atomic E-state index is 0.0570. The van der Waals surface area contributed by atoms with Crippen molar-refractivity contribution >= 4 is 27.5 Å². The highest BCUT2D eigenvalue weighted by molar-refractivity contribution is 7.89. The molecule has 1 saturated carbocycles. The number of hydrogen-bond donors (Lipinski definition) is 1. The highest BCUT2D eigenvalue weighted by Crippen LogP contribution is 2.31. The molecule has 0 bridgehead atoms. The van der Waals surface area contributed by atoms with E-state index in [1.807, 2.05) is 6.92 Å². The number of carbonyl (C=O) groups excluding carboxylic acids is 1. The predicted octanol–water partition coefficient (Wildman–Crippen LogP) is 2.82. The largest absolute Gasteiger partial charge is 0.495 e. The van der Waals surface area contributed by atoms with Crippen molar-refractivity contribution in [3.05, 3.63) is 23.2 Å². The first-order chi connectivity index (χ1) is 13.3. The Labute approximate surface area is 172 Å². The number of sulfonamides is 1. The summed E-state index contributed by atoms with van der Waals surface area (Å²) in [4.78, 5) is 12.6. The number of nitrogens with zero attached hydrogens (tertiary/aromatic N) is 1. The van der Waals surface area contributed by atoms with Crippen molar-refractivity contribution in [3.8, 4) is 5.75 Å². The van der Waals surface area contributed by atoms with E-state index in [0.29, 0.717) is 12.4 Å². The Balaban J connectivity index is 2.29. The summed E-state index contributed by atoms with van der Waals surface area (Å²) in [5.41, 5.74) is 0. The van der Waals surface area contributed by atoms with Crippen LogP contribution in [0, 0.1) is 0 Å². The SMILES string of the molecule is COC[C@@H](C)NC(=O)CN(C1CCCCC1)S(=O)(=O)c1ccc(OC)c(Cl)c1. The van der Waals surface area contributed by atoms with Gasteiger partial charge in [0.1, 0.15) is 5.75 Å². The van der Waals surface area contributed by atoms with Gasteiger partial charge in [0.15, 0.2) is 0 Å². The molecular formula is C19H29ClN2O5S. The molecule has 0 aromatic heterocycles. The normalized spacial score (nSPS) is 16.8. The van der Waals surface area contributed by atoms with Crippen LogP contribution in [0.15, 0.2) is 23.1 Å². The van der Waals surface area contributed by atoms with E-state index in [4.69, 9.17) is 21.1 Å². The lowest BCUT2D eigenvalue weighted by molar-refractivity contribution is -0.122. The van der Waals surface area contributed by atoms with E-state index in [1.54, 1.807) is 7.11 Å². The van der Waals surface area contributed by atoms with E-state index in [9.17, 15) is 13.2 Å². The van der Waals surface area contributed by atoms with Gasteiger partial charge >= 0.3 is 0 Å². The lowest BCUT2D eigenvalue weighted by Crippen LogP contribution is -2.49. The van der Waals surface area contributed by atoms with E-state index in [1.165, 1.54) is 29.6 Å².